The number of rotatable bonds is 9. The van der Waals surface area contributed by atoms with Crippen LogP contribution in [0.3, 0.4) is 0 Å². The number of nitrogens with zero attached hydrogens (tertiary/aromatic N) is 2. The van der Waals surface area contributed by atoms with E-state index in [-0.39, 0.29) is 31.3 Å². The number of anilines is 2. The van der Waals surface area contributed by atoms with E-state index in [0.717, 1.165) is 5.56 Å². The summed E-state index contributed by atoms with van der Waals surface area (Å²) in [6.07, 6.45) is 0. The van der Waals surface area contributed by atoms with Gasteiger partial charge in [-0.05, 0) is 24.6 Å². The molecule has 0 fully saturated rings. The first kappa shape index (κ1) is 21.1. The normalized spacial score (nSPS) is 10.2. The van der Waals surface area contributed by atoms with Gasteiger partial charge in [0.05, 0.1) is 30.8 Å². The van der Waals surface area contributed by atoms with Crippen LogP contribution >= 0.6 is 0 Å². The van der Waals surface area contributed by atoms with Gasteiger partial charge in [0.15, 0.2) is 9.84 Å². The van der Waals surface area contributed by atoms with Crippen LogP contribution in [0.4, 0.5) is 11.6 Å². The van der Waals surface area contributed by atoms with Crippen LogP contribution in [0.1, 0.15) is 12.5 Å². The summed E-state index contributed by atoms with van der Waals surface area (Å²) in [5.74, 6) is 0.923. The monoisotopic (exact) mass is 344 g/mol. The fraction of sp³-hybridized carbons (Fsp3) is 0.571. The Morgan fingerprint density at radius 3 is 2.13 bits per heavy atom. The Morgan fingerprint density at radius 1 is 1.13 bits per heavy atom. The SMILES string of the molecule is CC#N.Cc1cc(NCCO)nc(NCCS(=O)(=O)CCO)c1. The van der Waals surface area contributed by atoms with Crippen molar-refractivity contribution in [1.29, 1.82) is 5.26 Å². The molecule has 0 atom stereocenters. The maximum Gasteiger partial charge on any atom is 0.154 e. The fourth-order valence-electron chi connectivity index (χ4n) is 1.61. The Morgan fingerprint density at radius 2 is 1.65 bits per heavy atom. The minimum atomic E-state index is -3.23. The molecule has 9 heteroatoms. The van der Waals surface area contributed by atoms with Crippen LogP contribution in [-0.2, 0) is 9.84 Å². The molecule has 1 aromatic rings. The molecule has 1 rings (SSSR count). The van der Waals surface area contributed by atoms with Crippen molar-refractivity contribution in [2.45, 2.75) is 13.8 Å². The minimum absolute atomic E-state index is 0.0117. The Balaban J connectivity index is 0.00000149. The number of aryl methyl sites for hydroxylation is 1. The molecule has 0 radical (unpaired) electrons. The van der Waals surface area contributed by atoms with Gasteiger partial charge < -0.3 is 20.8 Å². The summed E-state index contributed by atoms with van der Waals surface area (Å²) in [6, 6.07) is 5.39. The van der Waals surface area contributed by atoms with Gasteiger partial charge in [-0.3, -0.25) is 0 Å². The predicted octanol–water partition coefficient (Wildman–Crippen LogP) is 0.143. The molecule has 0 unspecified atom stereocenters. The highest BCUT2D eigenvalue weighted by atomic mass is 32.2. The van der Waals surface area contributed by atoms with Crippen molar-refractivity contribution in [2.24, 2.45) is 0 Å². The average Bonchev–Trinajstić information content (AvgIpc) is 2.45. The molecular formula is C14H24N4O4S. The maximum absolute atomic E-state index is 11.4. The largest absolute Gasteiger partial charge is 0.395 e. The molecule has 23 heavy (non-hydrogen) atoms. The fourth-order valence-corrected chi connectivity index (χ4v) is 2.50. The van der Waals surface area contributed by atoms with Gasteiger partial charge in [-0.2, -0.15) is 5.26 Å². The van der Waals surface area contributed by atoms with Crippen LogP contribution < -0.4 is 10.6 Å². The summed E-state index contributed by atoms with van der Waals surface area (Å²) in [7, 11) is -3.23. The summed E-state index contributed by atoms with van der Waals surface area (Å²) in [5, 5.41) is 30.6. The minimum Gasteiger partial charge on any atom is -0.395 e. The zero-order chi connectivity index (χ0) is 17.7. The molecule has 0 spiro atoms. The Kier molecular flexibility index (Phi) is 10.7. The van der Waals surface area contributed by atoms with Crippen molar-refractivity contribution in [3.05, 3.63) is 17.7 Å². The van der Waals surface area contributed by atoms with Crippen molar-refractivity contribution < 1.29 is 18.6 Å². The summed E-state index contributed by atoms with van der Waals surface area (Å²) in [4.78, 5) is 4.26. The van der Waals surface area contributed by atoms with Gasteiger partial charge in [-0.15, -0.1) is 0 Å². The third kappa shape index (κ3) is 10.5. The number of hydrogen-bond donors (Lipinski definition) is 4. The lowest BCUT2D eigenvalue weighted by Gasteiger charge is -2.10. The van der Waals surface area contributed by atoms with Crippen molar-refractivity contribution in [2.75, 3.05) is 48.4 Å². The number of aliphatic hydroxyl groups excluding tert-OH is 2. The van der Waals surface area contributed by atoms with E-state index in [4.69, 9.17) is 15.5 Å². The molecule has 0 amide bonds. The van der Waals surface area contributed by atoms with E-state index in [0.29, 0.717) is 18.2 Å². The van der Waals surface area contributed by atoms with Gasteiger partial charge in [0.2, 0.25) is 0 Å². The van der Waals surface area contributed by atoms with E-state index >= 15 is 0 Å². The van der Waals surface area contributed by atoms with Crippen molar-refractivity contribution >= 4 is 21.5 Å². The van der Waals surface area contributed by atoms with Crippen molar-refractivity contribution in [1.82, 2.24) is 4.98 Å². The van der Waals surface area contributed by atoms with Gasteiger partial charge in [-0.25, -0.2) is 13.4 Å². The van der Waals surface area contributed by atoms with Crippen LogP contribution in [-0.4, -0.2) is 61.4 Å². The van der Waals surface area contributed by atoms with E-state index in [1.807, 2.05) is 19.1 Å². The highest BCUT2D eigenvalue weighted by Gasteiger charge is 2.09. The highest BCUT2D eigenvalue weighted by molar-refractivity contribution is 7.91. The first-order chi connectivity index (χ1) is 10.9. The summed E-state index contributed by atoms with van der Waals surface area (Å²) >= 11 is 0. The quantitative estimate of drug-likeness (QED) is 0.497. The second kappa shape index (κ2) is 11.6. The van der Waals surface area contributed by atoms with Crippen LogP contribution in [0.15, 0.2) is 12.1 Å². The molecule has 8 nitrogen and oxygen atoms in total. The van der Waals surface area contributed by atoms with E-state index in [2.05, 4.69) is 15.6 Å². The first-order valence-electron chi connectivity index (χ1n) is 7.08. The van der Waals surface area contributed by atoms with Gasteiger partial charge in [-0.1, -0.05) is 0 Å². The van der Waals surface area contributed by atoms with Crippen LogP contribution in [0.2, 0.25) is 0 Å². The number of hydrogen-bond acceptors (Lipinski definition) is 8. The Bertz CT molecular complexity index is 599. The molecule has 1 aromatic heterocycles. The number of aliphatic hydroxyl groups is 2. The van der Waals surface area contributed by atoms with Gasteiger partial charge in [0, 0.05) is 20.0 Å². The molecule has 1 heterocycles. The third-order valence-corrected chi connectivity index (χ3v) is 4.14. The topological polar surface area (TPSA) is 135 Å². The Hall–Kier alpha value is -1.89. The number of sulfone groups is 1. The lowest BCUT2D eigenvalue weighted by atomic mass is 10.3. The molecule has 0 saturated heterocycles. The third-order valence-electron chi connectivity index (χ3n) is 2.51. The molecule has 0 bridgehead atoms. The van der Waals surface area contributed by atoms with E-state index in [9.17, 15) is 8.42 Å². The van der Waals surface area contributed by atoms with Crippen LogP contribution in [0.25, 0.3) is 0 Å². The second-order valence-electron chi connectivity index (χ2n) is 4.59. The summed E-state index contributed by atoms with van der Waals surface area (Å²) in [6.45, 7) is 3.62. The smallest absolute Gasteiger partial charge is 0.154 e. The van der Waals surface area contributed by atoms with Crippen molar-refractivity contribution in [3.63, 3.8) is 0 Å². The Labute approximate surface area is 137 Å². The van der Waals surface area contributed by atoms with E-state index < -0.39 is 9.84 Å². The lowest BCUT2D eigenvalue weighted by molar-refractivity contribution is 0.311. The van der Waals surface area contributed by atoms with E-state index in [1.165, 1.54) is 6.92 Å². The average molecular weight is 344 g/mol. The summed E-state index contributed by atoms with van der Waals surface area (Å²) < 4.78 is 22.9. The van der Waals surface area contributed by atoms with Gasteiger partial charge in [0.25, 0.3) is 0 Å². The van der Waals surface area contributed by atoms with Gasteiger partial charge >= 0.3 is 0 Å². The first-order valence-corrected chi connectivity index (χ1v) is 8.90. The zero-order valence-electron chi connectivity index (χ0n) is 13.4. The van der Waals surface area contributed by atoms with E-state index in [1.54, 1.807) is 6.07 Å². The lowest BCUT2D eigenvalue weighted by Crippen LogP contribution is -2.20. The number of nitriles is 1. The van der Waals surface area contributed by atoms with Gasteiger partial charge in [0.1, 0.15) is 11.6 Å². The summed E-state index contributed by atoms with van der Waals surface area (Å²) in [5.41, 5.74) is 0.973. The molecule has 0 saturated carbocycles. The molecule has 0 aliphatic heterocycles. The molecular weight excluding hydrogens is 320 g/mol. The van der Waals surface area contributed by atoms with Crippen molar-refractivity contribution in [3.8, 4) is 6.07 Å². The van der Waals surface area contributed by atoms with Crippen LogP contribution in [0, 0.1) is 18.3 Å². The molecule has 0 aromatic carbocycles. The van der Waals surface area contributed by atoms with Crippen LogP contribution in [0.5, 0.6) is 0 Å². The predicted molar refractivity (Wildman–Crippen MR) is 90.1 cm³/mol. The molecule has 130 valence electrons. The zero-order valence-corrected chi connectivity index (χ0v) is 14.2. The number of nitrogens with one attached hydrogen (secondary N) is 2. The molecule has 0 aliphatic carbocycles. The standard InChI is InChI=1S/C12H21N3O4S.C2H3N/c1-10-8-11(13-2-4-16)15-12(9-10)14-3-6-20(18,19)7-5-17;1-2-3/h8-9,16-17H,2-7H2,1H3,(H2,13,14,15);1H3. The molecule has 4 N–H and O–H groups in total. The second-order valence-corrected chi connectivity index (χ2v) is 6.89. The number of pyridine rings is 1. The highest BCUT2D eigenvalue weighted by Crippen LogP contribution is 2.13. The molecule has 0 aliphatic rings. The number of aromatic nitrogens is 1. The maximum atomic E-state index is 11.4.